The Hall–Kier alpha value is -1.84. The second-order valence-corrected chi connectivity index (χ2v) is 4.22. The highest BCUT2D eigenvalue weighted by molar-refractivity contribution is 5.94. The Morgan fingerprint density at radius 2 is 2.18 bits per heavy atom. The maximum absolute atomic E-state index is 11.8. The predicted molar refractivity (Wildman–Crippen MR) is 64.6 cm³/mol. The van der Waals surface area contributed by atoms with E-state index in [4.69, 9.17) is 0 Å². The number of benzene rings is 1. The van der Waals surface area contributed by atoms with E-state index in [0.717, 1.165) is 25.8 Å². The fraction of sp³-hybridized carbons (Fsp3) is 0.385. The number of likely N-dealkylation sites (tertiary alicyclic amines) is 1. The third-order valence-corrected chi connectivity index (χ3v) is 3.09. The van der Waals surface area contributed by atoms with Crippen molar-refractivity contribution in [3.05, 3.63) is 35.9 Å². The maximum atomic E-state index is 11.8. The van der Waals surface area contributed by atoms with Crippen LogP contribution in [0.2, 0.25) is 0 Å². The molecule has 4 nitrogen and oxygen atoms in total. The van der Waals surface area contributed by atoms with Crippen LogP contribution in [0.3, 0.4) is 0 Å². The summed E-state index contributed by atoms with van der Waals surface area (Å²) in [4.78, 5) is 24.3. The molecule has 0 saturated carbocycles. The molecule has 90 valence electrons. The molecular formula is C13H16N2O2. The maximum Gasteiger partial charge on any atom is 0.251 e. The summed E-state index contributed by atoms with van der Waals surface area (Å²) in [6, 6.07) is 9.26. The molecule has 2 rings (SSSR count). The largest absolute Gasteiger partial charge is 0.350 e. The highest BCUT2D eigenvalue weighted by Crippen LogP contribution is 2.14. The average Bonchev–Trinajstić information content (AvgIpc) is 2.84. The van der Waals surface area contributed by atoms with Gasteiger partial charge in [-0.15, -0.1) is 0 Å². The lowest BCUT2D eigenvalue weighted by Crippen LogP contribution is -2.39. The molecule has 1 N–H and O–H groups in total. The second-order valence-electron chi connectivity index (χ2n) is 4.22. The molecule has 1 saturated heterocycles. The Morgan fingerprint density at radius 3 is 2.88 bits per heavy atom. The molecule has 17 heavy (non-hydrogen) atoms. The zero-order valence-corrected chi connectivity index (χ0v) is 9.63. The lowest BCUT2D eigenvalue weighted by atomic mass is 10.2. The SMILES string of the molecule is O=CN1CCCC1CNC(=O)c1ccccc1. The van der Waals surface area contributed by atoms with Gasteiger partial charge >= 0.3 is 0 Å². The fourth-order valence-electron chi connectivity index (χ4n) is 2.12. The zero-order valence-electron chi connectivity index (χ0n) is 9.63. The molecule has 0 spiro atoms. The highest BCUT2D eigenvalue weighted by Gasteiger charge is 2.23. The Bertz CT molecular complexity index is 392. The van der Waals surface area contributed by atoms with Gasteiger partial charge in [0.15, 0.2) is 0 Å². The first kappa shape index (κ1) is 11.6. The fourth-order valence-corrected chi connectivity index (χ4v) is 2.12. The number of nitrogens with one attached hydrogen (secondary N) is 1. The van der Waals surface area contributed by atoms with Crippen LogP contribution in [0.25, 0.3) is 0 Å². The van der Waals surface area contributed by atoms with Crippen LogP contribution in [0.5, 0.6) is 0 Å². The van der Waals surface area contributed by atoms with Gasteiger partial charge in [-0.1, -0.05) is 18.2 Å². The summed E-state index contributed by atoms with van der Waals surface area (Å²) >= 11 is 0. The van der Waals surface area contributed by atoms with E-state index in [1.807, 2.05) is 18.2 Å². The molecular weight excluding hydrogens is 216 g/mol. The van der Waals surface area contributed by atoms with E-state index in [1.165, 1.54) is 0 Å². The normalized spacial score (nSPS) is 19.1. The standard InChI is InChI=1S/C13H16N2O2/c16-10-15-8-4-7-12(15)9-14-13(17)11-5-2-1-3-6-11/h1-3,5-6,10,12H,4,7-9H2,(H,14,17). The molecule has 1 atom stereocenters. The molecule has 0 radical (unpaired) electrons. The predicted octanol–water partition coefficient (Wildman–Crippen LogP) is 1.04. The molecule has 1 aromatic carbocycles. The number of rotatable bonds is 4. The van der Waals surface area contributed by atoms with Crippen LogP contribution < -0.4 is 5.32 Å². The van der Waals surface area contributed by atoms with Gasteiger partial charge in [0.2, 0.25) is 6.41 Å². The molecule has 1 unspecified atom stereocenters. The van der Waals surface area contributed by atoms with E-state index in [0.29, 0.717) is 12.1 Å². The van der Waals surface area contributed by atoms with Crippen molar-refractivity contribution in [3.63, 3.8) is 0 Å². The van der Waals surface area contributed by atoms with E-state index in [2.05, 4.69) is 5.32 Å². The van der Waals surface area contributed by atoms with Gasteiger partial charge in [0.05, 0.1) is 0 Å². The summed E-state index contributed by atoms with van der Waals surface area (Å²) in [6.45, 7) is 1.34. The number of carbonyl (C=O) groups excluding carboxylic acids is 2. The second kappa shape index (κ2) is 5.48. The van der Waals surface area contributed by atoms with Crippen molar-refractivity contribution >= 4 is 12.3 Å². The van der Waals surface area contributed by atoms with Gasteiger partial charge in [-0.05, 0) is 25.0 Å². The highest BCUT2D eigenvalue weighted by atomic mass is 16.2. The van der Waals surface area contributed by atoms with Gasteiger partial charge in [0.25, 0.3) is 5.91 Å². The number of carbonyl (C=O) groups is 2. The lowest BCUT2D eigenvalue weighted by molar-refractivity contribution is -0.118. The molecule has 1 aromatic rings. The Balaban J connectivity index is 1.86. The Kier molecular flexibility index (Phi) is 3.75. The van der Waals surface area contributed by atoms with Crippen LogP contribution >= 0.6 is 0 Å². The Morgan fingerprint density at radius 1 is 1.41 bits per heavy atom. The minimum Gasteiger partial charge on any atom is -0.350 e. The number of hydrogen-bond donors (Lipinski definition) is 1. The third-order valence-electron chi connectivity index (χ3n) is 3.09. The van der Waals surface area contributed by atoms with Crippen LogP contribution in [0.4, 0.5) is 0 Å². The quantitative estimate of drug-likeness (QED) is 0.788. The van der Waals surface area contributed by atoms with Crippen molar-refractivity contribution in [2.24, 2.45) is 0 Å². The molecule has 1 aliphatic rings. The van der Waals surface area contributed by atoms with E-state index in [9.17, 15) is 9.59 Å². The molecule has 2 amide bonds. The lowest BCUT2D eigenvalue weighted by Gasteiger charge is -2.20. The van der Waals surface area contributed by atoms with Crippen molar-refractivity contribution in [1.82, 2.24) is 10.2 Å². The first-order valence-corrected chi connectivity index (χ1v) is 5.85. The number of nitrogens with zero attached hydrogens (tertiary/aromatic N) is 1. The minimum atomic E-state index is -0.0802. The average molecular weight is 232 g/mol. The van der Waals surface area contributed by atoms with Gasteiger partial charge in [-0.3, -0.25) is 9.59 Å². The first-order chi connectivity index (χ1) is 8.31. The third kappa shape index (κ3) is 2.84. The topological polar surface area (TPSA) is 49.4 Å². The van der Waals surface area contributed by atoms with E-state index >= 15 is 0 Å². The van der Waals surface area contributed by atoms with Crippen LogP contribution in [0.1, 0.15) is 23.2 Å². The monoisotopic (exact) mass is 232 g/mol. The molecule has 0 bridgehead atoms. The smallest absolute Gasteiger partial charge is 0.251 e. The first-order valence-electron chi connectivity index (χ1n) is 5.85. The van der Waals surface area contributed by atoms with Gasteiger partial charge in [-0.2, -0.15) is 0 Å². The van der Waals surface area contributed by atoms with Gasteiger partial charge in [-0.25, -0.2) is 0 Å². The van der Waals surface area contributed by atoms with Gasteiger partial charge in [0.1, 0.15) is 0 Å². The summed E-state index contributed by atoms with van der Waals surface area (Å²) < 4.78 is 0. The van der Waals surface area contributed by atoms with Crippen LogP contribution in [-0.2, 0) is 4.79 Å². The Labute approximate surface area is 101 Å². The van der Waals surface area contributed by atoms with Gasteiger partial charge in [0, 0.05) is 24.7 Å². The molecule has 0 aliphatic carbocycles. The van der Waals surface area contributed by atoms with Crippen molar-refractivity contribution < 1.29 is 9.59 Å². The minimum absolute atomic E-state index is 0.0802. The summed E-state index contributed by atoms with van der Waals surface area (Å²) in [7, 11) is 0. The summed E-state index contributed by atoms with van der Waals surface area (Å²) in [5.74, 6) is -0.0802. The molecule has 0 aromatic heterocycles. The summed E-state index contributed by atoms with van der Waals surface area (Å²) in [6.07, 6.45) is 2.85. The zero-order chi connectivity index (χ0) is 12.1. The molecule has 4 heteroatoms. The molecule has 1 aliphatic heterocycles. The molecule has 1 heterocycles. The summed E-state index contributed by atoms with van der Waals surface area (Å²) in [5, 5.41) is 2.87. The number of hydrogen-bond acceptors (Lipinski definition) is 2. The van der Waals surface area contributed by atoms with Crippen LogP contribution in [-0.4, -0.2) is 36.3 Å². The summed E-state index contributed by atoms with van der Waals surface area (Å²) in [5.41, 5.74) is 0.656. The van der Waals surface area contributed by atoms with Crippen LogP contribution in [0, 0.1) is 0 Å². The van der Waals surface area contributed by atoms with Crippen molar-refractivity contribution in [2.45, 2.75) is 18.9 Å². The van der Waals surface area contributed by atoms with E-state index in [-0.39, 0.29) is 11.9 Å². The van der Waals surface area contributed by atoms with Crippen molar-refractivity contribution in [3.8, 4) is 0 Å². The van der Waals surface area contributed by atoms with Crippen molar-refractivity contribution in [1.29, 1.82) is 0 Å². The molecule has 1 fully saturated rings. The van der Waals surface area contributed by atoms with Crippen LogP contribution in [0.15, 0.2) is 30.3 Å². The number of amides is 2. The van der Waals surface area contributed by atoms with Crippen molar-refractivity contribution in [2.75, 3.05) is 13.1 Å². The van der Waals surface area contributed by atoms with E-state index in [1.54, 1.807) is 17.0 Å². The van der Waals surface area contributed by atoms with Gasteiger partial charge < -0.3 is 10.2 Å². The van der Waals surface area contributed by atoms with E-state index < -0.39 is 0 Å².